The molecule has 0 aliphatic rings. The lowest BCUT2D eigenvalue weighted by Gasteiger charge is -2.12. The smallest absolute Gasteiger partial charge is 0.315 e. The Morgan fingerprint density at radius 2 is 1.86 bits per heavy atom. The van der Waals surface area contributed by atoms with Crippen molar-refractivity contribution < 1.29 is 14.3 Å². The second-order valence-electron chi connectivity index (χ2n) is 4.85. The number of hydrogen-bond acceptors (Lipinski definition) is 3. The fourth-order valence-electron chi connectivity index (χ4n) is 1.93. The Hall–Kier alpha value is -1.92. The molecule has 0 aliphatic heterocycles. The Labute approximate surface area is 133 Å². The summed E-state index contributed by atoms with van der Waals surface area (Å²) in [5, 5.41) is 15.3. The second kappa shape index (κ2) is 7.91. The van der Waals surface area contributed by atoms with Gasteiger partial charge in [0.2, 0.25) is 0 Å². The molecule has 4 nitrogen and oxygen atoms in total. The largest absolute Gasteiger partial charge is 0.387 e. The minimum absolute atomic E-state index is 0.0715. The predicted octanol–water partition coefficient (Wildman–Crippen LogP) is 2.98. The summed E-state index contributed by atoms with van der Waals surface area (Å²) in [5.74, 6) is -0.357. The number of amides is 2. The van der Waals surface area contributed by atoms with E-state index >= 15 is 0 Å². The lowest BCUT2D eigenvalue weighted by Crippen LogP contribution is -2.37. The first-order valence-electron chi connectivity index (χ1n) is 7.11. The minimum atomic E-state index is -0.861. The number of nitrogens with one attached hydrogen (secondary N) is 2. The number of aliphatic hydroxyl groups excluding tert-OH is 1. The Morgan fingerprint density at radius 1 is 1.18 bits per heavy atom. The summed E-state index contributed by atoms with van der Waals surface area (Å²) in [4.78, 5) is 14.1. The van der Waals surface area contributed by atoms with Crippen LogP contribution < -0.4 is 10.6 Å². The third-order valence-corrected chi connectivity index (χ3v) is 4.43. The van der Waals surface area contributed by atoms with E-state index in [4.69, 9.17) is 0 Å². The number of thiophene rings is 1. The molecular weight excluding hydrogens is 303 g/mol. The van der Waals surface area contributed by atoms with Crippen molar-refractivity contribution in [2.24, 2.45) is 0 Å². The highest BCUT2D eigenvalue weighted by atomic mass is 32.1. The average Bonchev–Trinajstić information content (AvgIpc) is 2.99. The van der Waals surface area contributed by atoms with Crippen LogP contribution >= 0.6 is 11.3 Å². The molecule has 0 spiro atoms. The zero-order chi connectivity index (χ0) is 15.9. The molecule has 1 unspecified atom stereocenters. The molecule has 2 amide bonds. The van der Waals surface area contributed by atoms with Crippen molar-refractivity contribution in [2.45, 2.75) is 26.0 Å². The van der Waals surface area contributed by atoms with Gasteiger partial charge in [0.25, 0.3) is 0 Å². The van der Waals surface area contributed by atoms with Crippen molar-refractivity contribution >= 4 is 17.4 Å². The van der Waals surface area contributed by atoms with Gasteiger partial charge in [-0.05, 0) is 36.2 Å². The first kappa shape index (κ1) is 16.5. The van der Waals surface area contributed by atoms with Crippen LogP contribution in [0, 0.1) is 5.82 Å². The molecule has 6 heteroatoms. The third kappa shape index (κ3) is 4.82. The van der Waals surface area contributed by atoms with Gasteiger partial charge >= 0.3 is 6.03 Å². The van der Waals surface area contributed by atoms with Gasteiger partial charge in [0.15, 0.2) is 0 Å². The summed E-state index contributed by atoms with van der Waals surface area (Å²) in [6.07, 6.45) is 0.126. The first-order valence-corrected chi connectivity index (χ1v) is 7.93. The first-order chi connectivity index (χ1) is 10.6. The molecule has 0 saturated carbocycles. The number of rotatable bonds is 6. The molecule has 1 aromatic carbocycles. The number of aliphatic hydroxyl groups is 1. The maximum Gasteiger partial charge on any atom is 0.315 e. The Kier molecular flexibility index (Phi) is 5.91. The monoisotopic (exact) mass is 322 g/mol. The zero-order valence-corrected chi connectivity index (χ0v) is 13.1. The van der Waals surface area contributed by atoms with Crippen LogP contribution in [0.25, 0.3) is 0 Å². The van der Waals surface area contributed by atoms with E-state index in [1.165, 1.54) is 29.1 Å². The molecule has 2 aromatic rings. The van der Waals surface area contributed by atoms with Crippen LogP contribution in [0.1, 0.15) is 28.3 Å². The van der Waals surface area contributed by atoms with E-state index in [0.717, 1.165) is 11.3 Å². The van der Waals surface area contributed by atoms with E-state index in [-0.39, 0.29) is 18.4 Å². The van der Waals surface area contributed by atoms with Gasteiger partial charge in [-0.1, -0.05) is 19.1 Å². The molecule has 0 radical (unpaired) electrons. The average molecular weight is 322 g/mol. The number of halogens is 1. The van der Waals surface area contributed by atoms with Crippen molar-refractivity contribution in [2.75, 3.05) is 6.54 Å². The lowest BCUT2D eigenvalue weighted by atomic mass is 10.1. The quantitative estimate of drug-likeness (QED) is 0.766. The van der Waals surface area contributed by atoms with Gasteiger partial charge in [-0.25, -0.2) is 9.18 Å². The molecule has 1 atom stereocenters. The molecule has 1 heterocycles. The van der Waals surface area contributed by atoms with Crippen molar-refractivity contribution in [3.05, 3.63) is 57.5 Å². The van der Waals surface area contributed by atoms with Crippen LogP contribution in [0.3, 0.4) is 0 Å². The van der Waals surface area contributed by atoms with E-state index in [9.17, 15) is 14.3 Å². The van der Waals surface area contributed by atoms with E-state index in [2.05, 4.69) is 23.6 Å². The molecule has 2 rings (SSSR count). The van der Waals surface area contributed by atoms with E-state index in [1.807, 2.05) is 6.07 Å². The van der Waals surface area contributed by atoms with Crippen LogP contribution in [-0.4, -0.2) is 17.7 Å². The minimum Gasteiger partial charge on any atom is -0.387 e. The molecule has 0 fully saturated rings. The highest BCUT2D eigenvalue weighted by Crippen LogP contribution is 2.16. The number of hydrogen-bond donors (Lipinski definition) is 3. The molecule has 0 saturated heterocycles. The van der Waals surface area contributed by atoms with Crippen molar-refractivity contribution in [3.8, 4) is 0 Å². The van der Waals surface area contributed by atoms with Gasteiger partial charge < -0.3 is 15.7 Å². The maximum atomic E-state index is 12.8. The van der Waals surface area contributed by atoms with Crippen molar-refractivity contribution in [1.29, 1.82) is 0 Å². The summed E-state index contributed by atoms with van der Waals surface area (Å²) < 4.78 is 12.8. The number of benzene rings is 1. The second-order valence-corrected chi connectivity index (χ2v) is 6.11. The van der Waals surface area contributed by atoms with E-state index in [1.54, 1.807) is 11.3 Å². The summed E-state index contributed by atoms with van der Waals surface area (Å²) >= 11 is 1.67. The van der Waals surface area contributed by atoms with E-state index < -0.39 is 6.10 Å². The van der Waals surface area contributed by atoms with Crippen LogP contribution in [0.5, 0.6) is 0 Å². The van der Waals surface area contributed by atoms with Gasteiger partial charge in [-0.2, -0.15) is 0 Å². The number of urea groups is 1. The molecular formula is C16H19FN2O2S. The Morgan fingerprint density at radius 3 is 2.50 bits per heavy atom. The number of carbonyl (C=O) groups excluding carboxylic acids is 1. The van der Waals surface area contributed by atoms with Crippen LogP contribution in [0.4, 0.5) is 9.18 Å². The molecule has 1 aromatic heterocycles. The molecule has 0 aliphatic carbocycles. The summed E-state index contributed by atoms with van der Waals surface area (Å²) in [5.41, 5.74) is 0.563. The number of aryl methyl sites for hydroxylation is 1. The fourth-order valence-corrected chi connectivity index (χ4v) is 2.83. The van der Waals surface area contributed by atoms with Crippen molar-refractivity contribution in [1.82, 2.24) is 10.6 Å². The molecule has 118 valence electrons. The zero-order valence-electron chi connectivity index (χ0n) is 12.3. The maximum absolute atomic E-state index is 12.8. The predicted molar refractivity (Wildman–Crippen MR) is 85.3 cm³/mol. The third-order valence-electron chi connectivity index (χ3n) is 3.20. The van der Waals surface area contributed by atoms with Crippen LogP contribution in [0.2, 0.25) is 0 Å². The Bertz CT molecular complexity index is 613. The van der Waals surface area contributed by atoms with Gasteiger partial charge in [0.1, 0.15) is 5.82 Å². The normalized spacial score (nSPS) is 12.0. The highest BCUT2D eigenvalue weighted by molar-refractivity contribution is 7.11. The molecule has 3 N–H and O–H groups in total. The SMILES string of the molecule is CCc1ccc(CNC(=O)NCC(O)c2ccc(F)cc2)s1. The van der Waals surface area contributed by atoms with Crippen LogP contribution in [0.15, 0.2) is 36.4 Å². The summed E-state index contributed by atoms with van der Waals surface area (Å²) in [6.45, 7) is 2.62. The highest BCUT2D eigenvalue weighted by Gasteiger charge is 2.09. The summed E-state index contributed by atoms with van der Waals surface area (Å²) in [6, 6.07) is 9.26. The van der Waals surface area contributed by atoms with Crippen LogP contribution in [-0.2, 0) is 13.0 Å². The fraction of sp³-hybridized carbons (Fsp3) is 0.312. The molecule has 0 bridgehead atoms. The summed E-state index contributed by atoms with van der Waals surface area (Å²) in [7, 11) is 0. The molecule has 22 heavy (non-hydrogen) atoms. The Balaban J connectivity index is 1.74. The van der Waals surface area contributed by atoms with Gasteiger partial charge in [-0.3, -0.25) is 0 Å². The standard InChI is InChI=1S/C16H19FN2O2S/c1-2-13-7-8-14(22-13)9-18-16(21)19-10-15(20)11-3-5-12(17)6-4-11/h3-8,15,20H,2,9-10H2,1H3,(H2,18,19,21). The van der Waals surface area contributed by atoms with Gasteiger partial charge in [-0.15, -0.1) is 11.3 Å². The number of carbonyl (C=O) groups is 1. The van der Waals surface area contributed by atoms with Crippen molar-refractivity contribution in [3.63, 3.8) is 0 Å². The van der Waals surface area contributed by atoms with Gasteiger partial charge in [0, 0.05) is 16.3 Å². The topological polar surface area (TPSA) is 61.4 Å². The van der Waals surface area contributed by atoms with Gasteiger partial charge in [0.05, 0.1) is 12.6 Å². The lowest BCUT2D eigenvalue weighted by molar-refractivity contribution is 0.173. The van der Waals surface area contributed by atoms with E-state index in [0.29, 0.717) is 12.1 Å².